The maximum Gasteiger partial charge on any atom is 0.337 e. The molecule has 0 fully saturated rings. The van der Waals surface area contributed by atoms with E-state index in [1.165, 1.54) is 0 Å². The molecular formula is C26H25NO3. The Morgan fingerprint density at radius 1 is 1.00 bits per heavy atom. The Labute approximate surface area is 176 Å². The standard InChI is InChI=1S/C26H25NO3/c1-18(2)15-27-16-23(26(28)29)22-13-12-20(14-24(22)27)21-10-6-7-11-25(21)30-17-19-8-4-3-5-9-19/h3-14,16,18H,15,17H2,1-2H3,(H,28,29). The van der Waals surface area contributed by atoms with Crippen LogP contribution in [-0.4, -0.2) is 15.6 Å². The quantitative estimate of drug-likeness (QED) is 0.400. The molecule has 0 radical (unpaired) electrons. The molecule has 30 heavy (non-hydrogen) atoms. The van der Waals surface area contributed by atoms with Gasteiger partial charge in [-0.15, -0.1) is 0 Å². The maximum absolute atomic E-state index is 11.7. The number of para-hydroxylation sites is 1. The molecule has 0 saturated carbocycles. The van der Waals surface area contributed by atoms with Crippen LogP contribution in [0.5, 0.6) is 5.75 Å². The van der Waals surface area contributed by atoms with Crippen molar-refractivity contribution in [3.63, 3.8) is 0 Å². The lowest BCUT2D eigenvalue weighted by Crippen LogP contribution is -2.03. The molecule has 0 amide bonds. The van der Waals surface area contributed by atoms with Gasteiger partial charge in [0.2, 0.25) is 0 Å². The molecule has 0 atom stereocenters. The third kappa shape index (κ3) is 4.08. The summed E-state index contributed by atoms with van der Waals surface area (Å²) in [7, 11) is 0. The van der Waals surface area contributed by atoms with Crippen LogP contribution < -0.4 is 4.74 Å². The summed E-state index contributed by atoms with van der Waals surface area (Å²) in [6, 6.07) is 24.0. The van der Waals surface area contributed by atoms with E-state index in [-0.39, 0.29) is 0 Å². The van der Waals surface area contributed by atoms with E-state index in [2.05, 4.69) is 19.9 Å². The fourth-order valence-electron chi connectivity index (χ4n) is 3.74. The number of aromatic carboxylic acids is 1. The number of rotatable bonds is 7. The third-order valence-electron chi connectivity index (χ3n) is 5.11. The Hall–Kier alpha value is -3.53. The Balaban J connectivity index is 1.74. The summed E-state index contributed by atoms with van der Waals surface area (Å²) in [4.78, 5) is 11.7. The summed E-state index contributed by atoms with van der Waals surface area (Å²) in [5, 5.41) is 10.4. The smallest absolute Gasteiger partial charge is 0.337 e. The summed E-state index contributed by atoms with van der Waals surface area (Å²) in [5.74, 6) is 0.315. The highest BCUT2D eigenvalue weighted by Crippen LogP contribution is 2.34. The number of aromatic nitrogens is 1. The zero-order valence-electron chi connectivity index (χ0n) is 17.2. The SMILES string of the molecule is CC(C)Cn1cc(C(=O)O)c2ccc(-c3ccccc3OCc3ccccc3)cc21. The van der Waals surface area contributed by atoms with Crippen LogP contribution in [0.2, 0.25) is 0 Å². The number of hydrogen-bond acceptors (Lipinski definition) is 2. The largest absolute Gasteiger partial charge is 0.488 e. The van der Waals surface area contributed by atoms with E-state index in [1.54, 1.807) is 6.20 Å². The van der Waals surface area contributed by atoms with Crippen molar-refractivity contribution in [2.45, 2.75) is 27.0 Å². The lowest BCUT2D eigenvalue weighted by atomic mass is 10.0. The van der Waals surface area contributed by atoms with Gasteiger partial charge in [0.15, 0.2) is 0 Å². The molecule has 1 aromatic heterocycles. The van der Waals surface area contributed by atoms with Crippen molar-refractivity contribution in [3.8, 4) is 16.9 Å². The van der Waals surface area contributed by atoms with Crippen LogP contribution in [0, 0.1) is 5.92 Å². The summed E-state index contributed by atoms with van der Waals surface area (Å²) in [6.45, 7) is 5.51. The molecule has 4 aromatic rings. The first-order chi connectivity index (χ1) is 14.5. The van der Waals surface area contributed by atoms with Crippen LogP contribution in [0.3, 0.4) is 0 Å². The van der Waals surface area contributed by atoms with E-state index in [9.17, 15) is 9.90 Å². The van der Waals surface area contributed by atoms with Crippen molar-refractivity contribution in [3.05, 3.63) is 90.1 Å². The molecule has 0 unspecified atom stereocenters. The number of carbonyl (C=O) groups is 1. The van der Waals surface area contributed by atoms with Crippen molar-refractivity contribution >= 4 is 16.9 Å². The van der Waals surface area contributed by atoms with Crippen LogP contribution in [0.15, 0.2) is 79.0 Å². The molecule has 4 heteroatoms. The second-order valence-corrected chi connectivity index (χ2v) is 7.90. The molecule has 4 nitrogen and oxygen atoms in total. The van der Waals surface area contributed by atoms with Gasteiger partial charge in [0.1, 0.15) is 12.4 Å². The number of carboxylic acid groups (broad SMARTS) is 1. The predicted octanol–water partition coefficient (Wildman–Crippen LogP) is 6.24. The highest BCUT2D eigenvalue weighted by molar-refractivity contribution is 6.04. The van der Waals surface area contributed by atoms with Crippen molar-refractivity contribution in [2.24, 2.45) is 5.92 Å². The van der Waals surface area contributed by atoms with E-state index in [4.69, 9.17) is 4.74 Å². The molecular weight excluding hydrogens is 374 g/mol. The fraction of sp³-hybridized carbons (Fsp3) is 0.192. The van der Waals surface area contributed by atoms with Crippen LogP contribution >= 0.6 is 0 Å². The van der Waals surface area contributed by atoms with Gasteiger partial charge in [-0.2, -0.15) is 0 Å². The van der Waals surface area contributed by atoms with Gasteiger partial charge in [-0.05, 0) is 29.2 Å². The van der Waals surface area contributed by atoms with Gasteiger partial charge in [0.25, 0.3) is 0 Å². The summed E-state index contributed by atoms with van der Waals surface area (Å²) < 4.78 is 8.17. The van der Waals surface area contributed by atoms with Crippen LogP contribution in [0.4, 0.5) is 0 Å². The number of nitrogens with zero attached hydrogens (tertiary/aromatic N) is 1. The number of fused-ring (bicyclic) bond motifs is 1. The highest BCUT2D eigenvalue weighted by Gasteiger charge is 2.16. The molecule has 0 aliphatic carbocycles. The Kier molecular flexibility index (Phi) is 5.57. The predicted molar refractivity (Wildman–Crippen MR) is 120 cm³/mol. The van der Waals surface area contributed by atoms with Gasteiger partial charge >= 0.3 is 5.97 Å². The summed E-state index contributed by atoms with van der Waals surface area (Å²) >= 11 is 0. The van der Waals surface area contributed by atoms with Gasteiger partial charge < -0.3 is 14.4 Å². The van der Waals surface area contributed by atoms with Crippen molar-refractivity contribution in [2.75, 3.05) is 0 Å². The monoisotopic (exact) mass is 399 g/mol. The summed E-state index contributed by atoms with van der Waals surface area (Å²) in [6.07, 6.45) is 1.74. The van der Waals surface area contributed by atoms with Crippen LogP contribution in [0.1, 0.15) is 29.8 Å². The average Bonchev–Trinajstić information content (AvgIpc) is 3.10. The fourth-order valence-corrected chi connectivity index (χ4v) is 3.74. The van der Waals surface area contributed by atoms with Gasteiger partial charge in [-0.3, -0.25) is 0 Å². The Bertz CT molecular complexity index is 1180. The highest BCUT2D eigenvalue weighted by atomic mass is 16.5. The minimum atomic E-state index is -0.901. The van der Waals surface area contributed by atoms with E-state index in [0.29, 0.717) is 18.1 Å². The van der Waals surface area contributed by atoms with Gasteiger partial charge in [0, 0.05) is 29.2 Å². The van der Waals surface area contributed by atoms with E-state index in [0.717, 1.165) is 39.9 Å². The van der Waals surface area contributed by atoms with E-state index in [1.807, 2.05) is 71.3 Å². The number of carboxylic acids is 1. The zero-order chi connectivity index (χ0) is 21.1. The second kappa shape index (κ2) is 8.46. The van der Waals surface area contributed by atoms with Crippen LogP contribution in [-0.2, 0) is 13.2 Å². The lowest BCUT2D eigenvalue weighted by Gasteiger charge is -2.13. The van der Waals surface area contributed by atoms with Crippen molar-refractivity contribution < 1.29 is 14.6 Å². The summed E-state index contributed by atoms with van der Waals surface area (Å²) in [5.41, 5.74) is 4.37. The van der Waals surface area contributed by atoms with E-state index < -0.39 is 5.97 Å². The first kappa shape index (κ1) is 19.8. The Morgan fingerprint density at radius 2 is 1.73 bits per heavy atom. The molecule has 0 spiro atoms. The average molecular weight is 399 g/mol. The minimum absolute atomic E-state index is 0.339. The van der Waals surface area contributed by atoms with Gasteiger partial charge in [0.05, 0.1) is 5.56 Å². The normalized spacial score (nSPS) is 11.2. The van der Waals surface area contributed by atoms with E-state index >= 15 is 0 Å². The number of benzene rings is 3. The van der Waals surface area contributed by atoms with Gasteiger partial charge in [-0.1, -0.05) is 74.5 Å². The van der Waals surface area contributed by atoms with Crippen LogP contribution in [0.25, 0.3) is 22.0 Å². The lowest BCUT2D eigenvalue weighted by molar-refractivity contribution is 0.0698. The number of hydrogen-bond donors (Lipinski definition) is 1. The topological polar surface area (TPSA) is 51.5 Å². The number of ether oxygens (including phenoxy) is 1. The van der Waals surface area contributed by atoms with Gasteiger partial charge in [-0.25, -0.2) is 4.79 Å². The molecule has 3 aromatic carbocycles. The molecule has 0 aliphatic rings. The molecule has 0 bridgehead atoms. The molecule has 1 heterocycles. The minimum Gasteiger partial charge on any atom is -0.488 e. The molecule has 4 rings (SSSR count). The van der Waals surface area contributed by atoms with Crippen molar-refractivity contribution in [1.29, 1.82) is 0 Å². The Morgan fingerprint density at radius 3 is 2.47 bits per heavy atom. The maximum atomic E-state index is 11.7. The molecule has 152 valence electrons. The molecule has 0 saturated heterocycles. The third-order valence-corrected chi connectivity index (χ3v) is 5.11. The first-order valence-electron chi connectivity index (χ1n) is 10.1. The molecule has 1 N–H and O–H groups in total. The first-order valence-corrected chi connectivity index (χ1v) is 10.1. The second-order valence-electron chi connectivity index (χ2n) is 7.90. The zero-order valence-corrected chi connectivity index (χ0v) is 17.2. The molecule has 0 aliphatic heterocycles. The van der Waals surface area contributed by atoms with Crippen molar-refractivity contribution in [1.82, 2.24) is 4.57 Å².